The molecule has 3 aromatic carbocycles. The average molecular weight is 319 g/mol. The Morgan fingerprint density at radius 3 is 2.46 bits per heavy atom. The lowest BCUT2D eigenvalue weighted by Gasteiger charge is -2.14. The van der Waals surface area contributed by atoms with Crippen molar-refractivity contribution < 1.29 is 4.74 Å². The van der Waals surface area contributed by atoms with Crippen LogP contribution in [-0.4, -0.2) is 20.2 Å². The summed E-state index contributed by atoms with van der Waals surface area (Å²) < 4.78 is 5.29. The summed E-state index contributed by atoms with van der Waals surface area (Å²) >= 11 is 0. The lowest BCUT2D eigenvalue weighted by atomic mass is 9.97. The molecule has 3 aromatic rings. The summed E-state index contributed by atoms with van der Waals surface area (Å²) in [4.78, 5) is 0. The van der Waals surface area contributed by atoms with Crippen LogP contribution in [0.25, 0.3) is 10.8 Å². The minimum atomic E-state index is 0.493. The van der Waals surface area contributed by atoms with E-state index in [0.717, 1.165) is 25.3 Å². The molecule has 0 radical (unpaired) electrons. The lowest BCUT2D eigenvalue weighted by Crippen LogP contribution is -2.22. The van der Waals surface area contributed by atoms with E-state index >= 15 is 0 Å². The Balaban J connectivity index is 1.56. The molecule has 0 saturated carbocycles. The molecule has 2 heteroatoms. The molecule has 0 fully saturated rings. The fraction of sp³-hybridized carbons (Fsp3) is 0.273. The molecule has 0 aromatic heterocycles. The number of fused-ring (bicyclic) bond motifs is 1. The highest BCUT2D eigenvalue weighted by atomic mass is 16.5. The van der Waals surface area contributed by atoms with Crippen molar-refractivity contribution in [1.29, 1.82) is 0 Å². The monoisotopic (exact) mass is 319 g/mol. The van der Waals surface area contributed by atoms with E-state index in [1.807, 2.05) is 6.07 Å². The van der Waals surface area contributed by atoms with Crippen LogP contribution in [-0.2, 0) is 6.42 Å². The Hall–Kier alpha value is -2.32. The Kier molecular flexibility index (Phi) is 5.50. The van der Waals surface area contributed by atoms with Crippen LogP contribution < -0.4 is 10.1 Å². The van der Waals surface area contributed by atoms with Gasteiger partial charge in [-0.05, 0) is 52.9 Å². The van der Waals surface area contributed by atoms with Gasteiger partial charge < -0.3 is 10.1 Å². The molecule has 0 aliphatic rings. The second kappa shape index (κ2) is 7.98. The standard InChI is InChI=1S/C22H25NO/c1-17(16-23-13-12-18-6-4-3-5-7-18)19-8-9-21-15-22(24-2)11-10-20(21)14-19/h3-11,14-15,17,23H,12-13,16H2,1-2H3. The zero-order valence-electron chi connectivity index (χ0n) is 14.5. The van der Waals surface area contributed by atoms with Gasteiger partial charge in [0, 0.05) is 6.54 Å². The number of benzene rings is 3. The molecule has 2 nitrogen and oxygen atoms in total. The Morgan fingerprint density at radius 2 is 1.67 bits per heavy atom. The molecule has 0 saturated heterocycles. The molecule has 24 heavy (non-hydrogen) atoms. The Labute approximate surface area is 144 Å². The molecule has 0 aliphatic heterocycles. The molecule has 0 bridgehead atoms. The maximum Gasteiger partial charge on any atom is 0.119 e. The summed E-state index contributed by atoms with van der Waals surface area (Å²) in [5.41, 5.74) is 2.76. The SMILES string of the molecule is COc1ccc2cc(C(C)CNCCc3ccccc3)ccc2c1. The normalized spacial score (nSPS) is 12.2. The van der Waals surface area contributed by atoms with Crippen LogP contribution in [0.3, 0.4) is 0 Å². The molecule has 3 rings (SSSR count). The van der Waals surface area contributed by atoms with Crippen LogP contribution in [0.1, 0.15) is 24.0 Å². The maximum atomic E-state index is 5.29. The molecular formula is C22H25NO. The smallest absolute Gasteiger partial charge is 0.119 e. The van der Waals surface area contributed by atoms with Gasteiger partial charge in [0.05, 0.1) is 7.11 Å². The highest BCUT2D eigenvalue weighted by Gasteiger charge is 2.06. The van der Waals surface area contributed by atoms with E-state index < -0.39 is 0 Å². The van der Waals surface area contributed by atoms with Gasteiger partial charge in [-0.2, -0.15) is 0 Å². The van der Waals surface area contributed by atoms with E-state index in [0.29, 0.717) is 5.92 Å². The molecule has 1 unspecified atom stereocenters. The topological polar surface area (TPSA) is 21.3 Å². The number of methoxy groups -OCH3 is 1. The van der Waals surface area contributed by atoms with Crippen molar-refractivity contribution in [3.05, 3.63) is 77.9 Å². The van der Waals surface area contributed by atoms with Gasteiger partial charge >= 0.3 is 0 Å². The van der Waals surface area contributed by atoms with Crippen LogP contribution in [0.2, 0.25) is 0 Å². The molecule has 1 N–H and O–H groups in total. The van der Waals surface area contributed by atoms with Gasteiger partial charge in [-0.3, -0.25) is 0 Å². The number of hydrogen-bond donors (Lipinski definition) is 1. The lowest BCUT2D eigenvalue weighted by molar-refractivity contribution is 0.415. The third-order valence-corrected chi connectivity index (χ3v) is 4.52. The van der Waals surface area contributed by atoms with Crippen LogP contribution >= 0.6 is 0 Å². The van der Waals surface area contributed by atoms with Gasteiger partial charge in [0.15, 0.2) is 0 Å². The summed E-state index contributed by atoms with van der Waals surface area (Å²) in [6, 6.07) is 23.6. The highest BCUT2D eigenvalue weighted by molar-refractivity contribution is 5.84. The zero-order valence-corrected chi connectivity index (χ0v) is 14.5. The molecular weight excluding hydrogens is 294 g/mol. The van der Waals surface area contributed by atoms with Crippen LogP contribution in [0.15, 0.2) is 66.7 Å². The molecule has 0 heterocycles. The van der Waals surface area contributed by atoms with E-state index in [1.54, 1.807) is 7.11 Å². The fourth-order valence-electron chi connectivity index (χ4n) is 2.99. The first-order valence-corrected chi connectivity index (χ1v) is 8.58. The van der Waals surface area contributed by atoms with Crippen molar-refractivity contribution >= 4 is 10.8 Å². The van der Waals surface area contributed by atoms with Gasteiger partial charge in [0.1, 0.15) is 5.75 Å². The van der Waals surface area contributed by atoms with E-state index in [-0.39, 0.29) is 0 Å². The quantitative estimate of drug-likeness (QED) is 0.633. The predicted molar refractivity (Wildman–Crippen MR) is 102 cm³/mol. The Morgan fingerprint density at radius 1 is 0.917 bits per heavy atom. The fourth-order valence-corrected chi connectivity index (χ4v) is 2.99. The summed E-state index contributed by atoms with van der Waals surface area (Å²) in [5.74, 6) is 1.40. The first-order valence-electron chi connectivity index (χ1n) is 8.58. The zero-order chi connectivity index (χ0) is 16.8. The van der Waals surface area contributed by atoms with Crippen molar-refractivity contribution in [2.75, 3.05) is 20.2 Å². The molecule has 0 amide bonds. The second-order valence-corrected chi connectivity index (χ2v) is 6.31. The van der Waals surface area contributed by atoms with E-state index in [1.165, 1.54) is 21.9 Å². The minimum Gasteiger partial charge on any atom is -0.497 e. The summed E-state index contributed by atoms with van der Waals surface area (Å²) in [5, 5.41) is 6.07. The molecule has 0 spiro atoms. The van der Waals surface area contributed by atoms with Crippen molar-refractivity contribution in [2.45, 2.75) is 19.3 Å². The summed E-state index contributed by atoms with van der Waals surface area (Å²) in [7, 11) is 1.71. The van der Waals surface area contributed by atoms with Crippen LogP contribution in [0.4, 0.5) is 0 Å². The van der Waals surface area contributed by atoms with Gasteiger partial charge in [0.2, 0.25) is 0 Å². The first-order chi connectivity index (χ1) is 11.8. The van der Waals surface area contributed by atoms with E-state index in [9.17, 15) is 0 Å². The maximum absolute atomic E-state index is 5.29. The number of rotatable bonds is 7. The highest BCUT2D eigenvalue weighted by Crippen LogP contribution is 2.24. The third kappa shape index (κ3) is 4.15. The van der Waals surface area contributed by atoms with Crippen molar-refractivity contribution in [1.82, 2.24) is 5.32 Å². The number of nitrogens with one attached hydrogen (secondary N) is 1. The Bertz CT molecular complexity index is 782. The van der Waals surface area contributed by atoms with Gasteiger partial charge in [-0.25, -0.2) is 0 Å². The molecule has 124 valence electrons. The van der Waals surface area contributed by atoms with Gasteiger partial charge in [-0.1, -0.05) is 61.5 Å². The first kappa shape index (κ1) is 16.5. The third-order valence-electron chi connectivity index (χ3n) is 4.52. The second-order valence-electron chi connectivity index (χ2n) is 6.31. The van der Waals surface area contributed by atoms with Gasteiger partial charge in [-0.15, -0.1) is 0 Å². The number of hydrogen-bond acceptors (Lipinski definition) is 2. The van der Waals surface area contributed by atoms with E-state index in [2.05, 4.69) is 72.9 Å². The summed E-state index contributed by atoms with van der Waals surface area (Å²) in [6.45, 7) is 4.29. The predicted octanol–water partition coefficient (Wildman–Crippen LogP) is 4.78. The minimum absolute atomic E-state index is 0.493. The largest absolute Gasteiger partial charge is 0.497 e. The van der Waals surface area contributed by atoms with Crippen molar-refractivity contribution in [2.24, 2.45) is 0 Å². The van der Waals surface area contributed by atoms with Crippen LogP contribution in [0, 0.1) is 0 Å². The van der Waals surface area contributed by atoms with E-state index in [4.69, 9.17) is 4.74 Å². The molecule has 0 aliphatic carbocycles. The van der Waals surface area contributed by atoms with Crippen LogP contribution in [0.5, 0.6) is 5.75 Å². The molecule has 1 atom stereocenters. The van der Waals surface area contributed by atoms with Crippen molar-refractivity contribution in [3.63, 3.8) is 0 Å². The summed E-state index contributed by atoms with van der Waals surface area (Å²) in [6.07, 6.45) is 1.07. The number of ether oxygens (including phenoxy) is 1. The average Bonchev–Trinajstić information content (AvgIpc) is 2.65. The van der Waals surface area contributed by atoms with Crippen molar-refractivity contribution in [3.8, 4) is 5.75 Å². The van der Waals surface area contributed by atoms with Gasteiger partial charge in [0.25, 0.3) is 0 Å².